The van der Waals surface area contributed by atoms with Gasteiger partial charge in [0.05, 0.1) is 6.26 Å². The van der Waals surface area contributed by atoms with Crippen molar-refractivity contribution in [2.24, 2.45) is 10.4 Å². The second kappa shape index (κ2) is 9.29. The summed E-state index contributed by atoms with van der Waals surface area (Å²) in [5.74, 6) is 1.19. The molecule has 2 heterocycles. The Kier molecular flexibility index (Phi) is 8.05. The Balaban J connectivity index is 0.00000288. The van der Waals surface area contributed by atoms with Crippen LogP contribution < -0.4 is 10.6 Å². The highest BCUT2D eigenvalue weighted by Crippen LogP contribution is 2.28. The smallest absolute Gasteiger partial charge is 0.287 e. The van der Waals surface area contributed by atoms with Crippen LogP contribution in [0.25, 0.3) is 0 Å². The summed E-state index contributed by atoms with van der Waals surface area (Å²) in [6.45, 7) is 9.89. The number of rotatable bonds is 5. The first-order valence-corrected chi connectivity index (χ1v) is 8.21. The Morgan fingerprint density at radius 2 is 2.08 bits per heavy atom. The summed E-state index contributed by atoms with van der Waals surface area (Å²) < 4.78 is 5.17. The van der Waals surface area contributed by atoms with Crippen LogP contribution in [-0.2, 0) is 0 Å². The van der Waals surface area contributed by atoms with E-state index in [1.807, 2.05) is 14.0 Å². The summed E-state index contributed by atoms with van der Waals surface area (Å²) in [5, 5.41) is 6.24. The topological polar surface area (TPSA) is 69.9 Å². The fraction of sp³-hybridized carbons (Fsp3) is 0.647. The Labute approximate surface area is 161 Å². The number of nitrogens with one attached hydrogen (secondary N) is 2. The summed E-state index contributed by atoms with van der Waals surface area (Å²) in [5.41, 5.74) is 1.21. The van der Waals surface area contributed by atoms with Crippen LogP contribution in [0.4, 0.5) is 0 Å². The number of hydrogen-bond donors (Lipinski definition) is 2. The van der Waals surface area contributed by atoms with Gasteiger partial charge in [-0.2, -0.15) is 0 Å². The van der Waals surface area contributed by atoms with Crippen molar-refractivity contribution in [3.63, 3.8) is 0 Å². The maximum Gasteiger partial charge on any atom is 0.287 e. The van der Waals surface area contributed by atoms with Crippen LogP contribution in [0.1, 0.15) is 42.8 Å². The second-order valence-electron chi connectivity index (χ2n) is 6.85. The van der Waals surface area contributed by atoms with Crippen LogP contribution in [0.5, 0.6) is 0 Å². The molecule has 0 radical (unpaired) electrons. The zero-order valence-corrected chi connectivity index (χ0v) is 17.3. The van der Waals surface area contributed by atoms with Crippen molar-refractivity contribution >= 4 is 35.8 Å². The number of amides is 1. The number of furan rings is 1. The quantitative estimate of drug-likeness (QED) is 0.315. The van der Waals surface area contributed by atoms with Crippen LogP contribution in [0.3, 0.4) is 0 Å². The van der Waals surface area contributed by atoms with Crippen molar-refractivity contribution < 1.29 is 9.21 Å². The number of carbonyl (C=O) groups excluding carboxylic acids is 1. The normalized spacial score (nSPS) is 16.7. The first-order valence-electron chi connectivity index (χ1n) is 8.21. The number of halogens is 1. The summed E-state index contributed by atoms with van der Waals surface area (Å²) >= 11 is 0. The number of likely N-dealkylation sites (tertiary alicyclic amines) is 1. The molecule has 0 saturated carbocycles. The van der Waals surface area contributed by atoms with Gasteiger partial charge in [0.25, 0.3) is 5.91 Å². The van der Waals surface area contributed by atoms with E-state index in [1.165, 1.54) is 12.7 Å². The lowest BCUT2D eigenvalue weighted by Crippen LogP contribution is -2.41. The predicted octanol–water partition coefficient (Wildman–Crippen LogP) is 2.63. The summed E-state index contributed by atoms with van der Waals surface area (Å²) in [6.07, 6.45) is 3.56. The number of carbonyl (C=O) groups is 1. The summed E-state index contributed by atoms with van der Waals surface area (Å²) in [7, 11) is 1.81. The van der Waals surface area contributed by atoms with Gasteiger partial charge in [-0.25, -0.2) is 0 Å². The minimum atomic E-state index is -0.154. The SMILES string of the molecule is CN=C(NCCCNC(=O)c1occc1C)N1CCC(C)(C)C1.I. The molecule has 0 aliphatic carbocycles. The second-order valence-corrected chi connectivity index (χ2v) is 6.85. The molecule has 2 N–H and O–H groups in total. The fourth-order valence-corrected chi connectivity index (χ4v) is 2.80. The first kappa shape index (κ1) is 20.8. The zero-order valence-electron chi connectivity index (χ0n) is 15.0. The van der Waals surface area contributed by atoms with E-state index in [0.29, 0.717) is 17.7 Å². The van der Waals surface area contributed by atoms with Gasteiger partial charge in [0.2, 0.25) is 0 Å². The molecule has 1 aliphatic heterocycles. The minimum absolute atomic E-state index is 0. The summed E-state index contributed by atoms with van der Waals surface area (Å²) in [4.78, 5) is 18.5. The molecule has 1 aromatic heterocycles. The molecule has 0 aromatic carbocycles. The Morgan fingerprint density at radius 1 is 1.38 bits per heavy atom. The molecule has 136 valence electrons. The van der Waals surface area contributed by atoms with Gasteiger partial charge >= 0.3 is 0 Å². The summed E-state index contributed by atoms with van der Waals surface area (Å²) in [6, 6.07) is 1.79. The van der Waals surface area contributed by atoms with Crippen LogP contribution in [0, 0.1) is 12.3 Å². The van der Waals surface area contributed by atoms with Crippen molar-refractivity contribution in [1.82, 2.24) is 15.5 Å². The average molecular weight is 448 g/mol. The van der Waals surface area contributed by atoms with E-state index < -0.39 is 0 Å². The van der Waals surface area contributed by atoms with Gasteiger partial charge in [0, 0.05) is 38.8 Å². The van der Waals surface area contributed by atoms with Gasteiger partial charge in [0.15, 0.2) is 11.7 Å². The van der Waals surface area contributed by atoms with Crippen molar-refractivity contribution in [2.45, 2.75) is 33.6 Å². The van der Waals surface area contributed by atoms with E-state index in [0.717, 1.165) is 37.6 Å². The van der Waals surface area contributed by atoms with Crippen molar-refractivity contribution in [2.75, 3.05) is 33.2 Å². The van der Waals surface area contributed by atoms with Crippen LogP contribution in [0.2, 0.25) is 0 Å². The third kappa shape index (κ3) is 5.68. The zero-order chi connectivity index (χ0) is 16.9. The molecule has 1 amide bonds. The van der Waals surface area contributed by atoms with Crippen LogP contribution in [-0.4, -0.2) is 50.0 Å². The molecule has 1 saturated heterocycles. The third-order valence-corrected chi connectivity index (χ3v) is 4.18. The van der Waals surface area contributed by atoms with Gasteiger partial charge in [0.1, 0.15) is 0 Å². The number of aliphatic imine (C=N–C) groups is 1. The fourth-order valence-electron chi connectivity index (χ4n) is 2.80. The van der Waals surface area contributed by atoms with E-state index in [1.54, 1.807) is 6.07 Å². The molecular weight excluding hydrogens is 419 g/mol. The van der Waals surface area contributed by atoms with Gasteiger partial charge in [-0.3, -0.25) is 9.79 Å². The van der Waals surface area contributed by atoms with E-state index in [9.17, 15) is 4.79 Å². The number of guanidine groups is 1. The highest BCUT2D eigenvalue weighted by molar-refractivity contribution is 14.0. The molecule has 0 atom stereocenters. The number of nitrogens with zero attached hydrogens (tertiary/aromatic N) is 2. The van der Waals surface area contributed by atoms with Gasteiger partial charge in [-0.05, 0) is 31.2 Å². The molecule has 1 aliphatic rings. The van der Waals surface area contributed by atoms with E-state index in [-0.39, 0.29) is 29.9 Å². The Morgan fingerprint density at radius 3 is 2.62 bits per heavy atom. The highest BCUT2D eigenvalue weighted by Gasteiger charge is 2.30. The lowest BCUT2D eigenvalue weighted by atomic mass is 9.93. The largest absolute Gasteiger partial charge is 0.459 e. The monoisotopic (exact) mass is 448 g/mol. The molecule has 6 nitrogen and oxygen atoms in total. The van der Waals surface area contributed by atoms with E-state index in [4.69, 9.17) is 4.42 Å². The van der Waals surface area contributed by atoms with Gasteiger partial charge in [-0.15, -0.1) is 24.0 Å². The molecule has 24 heavy (non-hydrogen) atoms. The molecule has 1 fully saturated rings. The molecule has 1 aromatic rings. The maximum atomic E-state index is 11.9. The van der Waals surface area contributed by atoms with Gasteiger partial charge < -0.3 is 20.0 Å². The van der Waals surface area contributed by atoms with E-state index in [2.05, 4.69) is 34.4 Å². The molecular formula is C17H29IN4O2. The lowest BCUT2D eigenvalue weighted by Gasteiger charge is -2.23. The lowest BCUT2D eigenvalue weighted by molar-refractivity contribution is 0.0925. The Hall–Kier alpha value is -1.25. The van der Waals surface area contributed by atoms with Crippen LogP contribution in [0.15, 0.2) is 21.7 Å². The number of aryl methyl sites for hydroxylation is 1. The van der Waals surface area contributed by atoms with Gasteiger partial charge in [-0.1, -0.05) is 13.8 Å². The molecule has 7 heteroatoms. The highest BCUT2D eigenvalue weighted by atomic mass is 127. The Bertz CT molecular complexity index is 569. The van der Waals surface area contributed by atoms with Crippen molar-refractivity contribution in [3.05, 3.63) is 23.7 Å². The molecule has 2 rings (SSSR count). The predicted molar refractivity (Wildman–Crippen MR) is 107 cm³/mol. The van der Waals surface area contributed by atoms with Crippen molar-refractivity contribution in [1.29, 1.82) is 0 Å². The average Bonchev–Trinajstić information content (AvgIpc) is 3.08. The molecule has 0 bridgehead atoms. The molecule has 0 spiro atoms. The standard InChI is InChI=1S/C17H28N4O2.HI/c1-13-6-11-23-14(13)15(22)19-8-5-9-20-16(18-4)21-10-7-17(2,3)12-21;/h6,11H,5,7-10,12H2,1-4H3,(H,18,20)(H,19,22);1H. The number of hydrogen-bond acceptors (Lipinski definition) is 3. The molecule has 0 unspecified atom stereocenters. The first-order chi connectivity index (χ1) is 10.9. The van der Waals surface area contributed by atoms with Crippen LogP contribution >= 0.6 is 24.0 Å². The maximum absolute atomic E-state index is 11.9. The van der Waals surface area contributed by atoms with Crippen molar-refractivity contribution in [3.8, 4) is 0 Å². The third-order valence-electron chi connectivity index (χ3n) is 4.18. The minimum Gasteiger partial charge on any atom is -0.459 e. The van der Waals surface area contributed by atoms with E-state index >= 15 is 0 Å².